The first kappa shape index (κ1) is 30.2. The molecule has 38 heavy (non-hydrogen) atoms. The number of aliphatic hydroxyl groups is 2. The topological polar surface area (TPSA) is 158 Å². The van der Waals surface area contributed by atoms with Crippen molar-refractivity contribution in [3.63, 3.8) is 0 Å². The number of rotatable bonds is 7. The minimum absolute atomic E-state index is 0.117. The number of ether oxygens (including phenoxy) is 4. The van der Waals surface area contributed by atoms with Crippen LogP contribution in [-0.4, -0.2) is 89.2 Å². The van der Waals surface area contributed by atoms with Crippen LogP contribution in [0.5, 0.6) is 0 Å². The molecule has 0 aromatic carbocycles. The third-order valence-electron chi connectivity index (χ3n) is 8.93. The minimum atomic E-state index is -2.33. The van der Waals surface area contributed by atoms with Crippen LogP contribution in [0, 0.1) is 16.7 Å². The summed E-state index contributed by atoms with van der Waals surface area (Å²) >= 11 is 0. The van der Waals surface area contributed by atoms with Gasteiger partial charge in [-0.15, -0.1) is 6.58 Å². The monoisotopic (exact) mass is 539 g/mol. The van der Waals surface area contributed by atoms with Crippen LogP contribution in [0.3, 0.4) is 0 Å². The second-order valence-corrected chi connectivity index (χ2v) is 12.0. The molecule has 2 saturated carbocycles. The van der Waals surface area contributed by atoms with Gasteiger partial charge in [-0.2, -0.15) is 0 Å². The standard InChI is InChI=1S/C27H41NO10/c1-9-24(5)12-17(31)27(34)25(6)16(30)10-11-23(3,4)21(25)20(22(36-15(2)29)26(27,7)38-24)37-19(33)14-35-18(32)13-28-8/h9,16,20-22,28,30,34H,1,10-14H2,2-8H3/t16-,20-,21-,22-,24-,25-,26+,27-/m0/s1. The lowest BCUT2D eigenvalue weighted by atomic mass is 9.39. The Bertz CT molecular complexity index is 1010. The van der Waals surface area contributed by atoms with Gasteiger partial charge in [0.25, 0.3) is 0 Å². The van der Waals surface area contributed by atoms with E-state index in [1.807, 2.05) is 13.8 Å². The maximum atomic E-state index is 13.9. The first-order valence-electron chi connectivity index (χ1n) is 12.9. The fraction of sp³-hybridized carbons (Fsp3) is 0.778. The summed E-state index contributed by atoms with van der Waals surface area (Å²) in [6.45, 7) is 12.5. The molecule has 0 radical (unpaired) electrons. The fourth-order valence-electron chi connectivity index (χ4n) is 7.26. The average Bonchev–Trinajstić information content (AvgIpc) is 2.81. The third kappa shape index (κ3) is 4.47. The van der Waals surface area contributed by atoms with Crippen molar-refractivity contribution in [3.05, 3.63) is 12.7 Å². The zero-order valence-corrected chi connectivity index (χ0v) is 23.3. The molecule has 0 unspecified atom stereocenters. The highest BCUT2D eigenvalue weighted by Crippen LogP contribution is 2.67. The average molecular weight is 540 g/mol. The molecule has 0 aromatic heterocycles. The van der Waals surface area contributed by atoms with E-state index >= 15 is 0 Å². The molecule has 0 bridgehead atoms. The number of Topliss-reactive ketones (excluding diaryl/α,β-unsaturated/α-hetero) is 1. The number of carbonyl (C=O) groups is 4. The molecular formula is C27H41NO10. The van der Waals surface area contributed by atoms with Crippen molar-refractivity contribution >= 4 is 23.7 Å². The van der Waals surface area contributed by atoms with Crippen LogP contribution < -0.4 is 5.32 Å². The van der Waals surface area contributed by atoms with E-state index in [9.17, 15) is 29.4 Å². The predicted octanol–water partition coefficient (Wildman–Crippen LogP) is 0.833. The number of esters is 3. The molecule has 1 saturated heterocycles. The van der Waals surface area contributed by atoms with Gasteiger partial charge in [-0.05, 0) is 39.2 Å². The third-order valence-corrected chi connectivity index (χ3v) is 8.93. The Morgan fingerprint density at radius 2 is 1.79 bits per heavy atom. The van der Waals surface area contributed by atoms with E-state index in [1.165, 1.54) is 13.0 Å². The van der Waals surface area contributed by atoms with E-state index in [1.54, 1.807) is 20.9 Å². The zero-order chi connectivity index (χ0) is 28.9. The molecule has 3 fully saturated rings. The van der Waals surface area contributed by atoms with Gasteiger partial charge in [0, 0.05) is 24.7 Å². The van der Waals surface area contributed by atoms with Gasteiger partial charge >= 0.3 is 17.9 Å². The lowest BCUT2D eigenvalue weighted by Gasteiger charge is -2.71. The smallest absolute Gasteiger partial charge is 0.344 e. The van der Waals surface area contributed by atoms with Gasteiger partial charge in [-0.25, -0.2) is 4.79 Å². The lowest BCUT2D eigenvalue weighted by Crippen LogP contribution is -2.87. The Morgan fingerprint density at radius 1 is 1.16 bits per heavy atom. The Morgan fingerprint density at radius 3 is 2.34 bits per heavy atom. The second-order valence-electron chi connectivity index (χ2n) is 12.0. The van der Waals surface area contributed by atoms with Gasteiger partial charge in [0.2, 0.25) is 0 Å². The number of carbonyl (C=O) groups excluding carboxylic acids is 4. The van der Waals surface area contributed by atoms with Crippen molar-refractivity contribution in [1.82, 2.24) is 5.32 Å². The Balaban J connectivity index is 2.22. The first-order chi connectivity index (χ1) is 17.4. The number of ketones is 1. The summed E-state index contributed by atoms with van der Waals surface area (Å²) in [6, 6.07) is 0. The van der Waals surface area contributed by atoms with Crippen molar-refractivity contribution in [2.24, 2.45) is 16.7 Å². The molecule has 11 heteroatoms. The van der Waals surface area contributed by atoms with Crippen LogP contribution in [0.2, 0.25) is 0 Å². The van der Waals surface area contributed by atoms with E-state index in [2.05, 4.69) is 11.9 Å². The fourth-order valence-corrected chi connectivity index (χ4v) is 7.26. The van der Waals surface area contributed by atoms with Gasteiger partial charge in [-0.3, -0.25) is 14.4 Å². The molecule has 3 aliphatic rings. The van der Waals surface area contributed by atoms with Crippen molar-refractivity contribution in [1.29, 1.82) is 0 Å². The summed E-state index contributed by atoms with van der Waals surface area (Å²) < 4.78 is 23.0. The van der Waals surface area contributed by atoms with Crippen LogP contribution in [0.4, 0.5) is 0 Å². The summed E-state index contributed by atoms with van der Waals surface area (Å²) in [7, 11) is 1.55. The van der Waals surface area contributed by atoms with Crippen molar-refractivity contribution in [3.8, 4) is 0 Å². The summed E-state index contributed by atoms with van der Waals surface area (Å²) in [4.78, 5) is 51.2. The van der Waals surface area contributed by atoms with Crippen molar-refractivity contribution in [2.75, 3.05) is 20.2 Å². The molecule has 1 heterocycles. The molecule has 214 valence electrons. The van der Waals surface area contributed by atoms with Gasteiger partial charge < -0.3 is 34.5 Å². The number of nitrogens with one attached hydrogen (secondary N) is 1. The molecule has 2 aliphatic carbocycles. The number of hydrogen-bond donors (Lipinski definition) is 3. The van der Waals surface area contributed by atoms with Crippen LogP contribution in [0.15, 0.2) is 12.7 Å². The molecule has 0 spiro atoms. The lowest BCUT2D eigenvalue weighted by molar-refractivity contribution is -0.371. The normalized spacial score (nSPS) is 41.8. The number of likely N-dealkylation sites (N-methyl/N-ethyl adjacent to an activating group) is 1. The van der Waals surface area contributed by atoms with E-state index in [4.69, 9.17) is 18.9 Å². The maximum absolute atomic E-state index is 13.9. The molecule has 1 aliphatic heterocycles. The number of hydrogen-bond acceptors (Lipinski definition) is 11. The number of fused-ring (bicyclic) bond motifs is 3. The molecule has 0 amide bonds. The highest BCUT2D eigenvalue weighted by Gasteiger charge is 2.82. The van der Waals surface area contributed by atoms with Gasteiger partial charge in [0.1, 0.15) is 11.7 Å². The molecule has 3 rings (SSSR count). The van der Waals surface area contributed by atoms with E-state index < -0.39 is 82.2 Å². The van der Waals surface area contributed by atoms with E-state index in [0.717, 1.165) is 6.92 Å². The van der Waals surface area contributed by atoms with Crippen LogP contribution >= 0.6 is 0 Å². The summed E-state index contributed by atoms with van der Waals surface area (Å²) in [5, 5.41) is 26.6. The van der Waals surface area contributed by atoms with Crippen LogP contribution in [-0.2, 0) is 38.1 Å². The molecular weight excluding hydrogens is 498 g/mol. The van der Waals surface area contributed by atoms with Crippen LogP contribution in [0.1, 0.15) is 60.8 Å². The van der Waals surface area contributed by atoms with Crippen molar-refractivity contribution in [2.45, 2.75) is 95.9 Å². The molecule has 0 aromatic rings. The predicted molar refractivity (Wildman–Crippen MR) is 134 cm³/mol. The van der Waals surface area contributed by atoms with Gasteiger partial charge in [0.15, 0.2) is 24.1 Å². The first-order valence-corrected chi connectivity index (χ1v) is 12.9. The van der Waals surface area contributed by atoms with E-state index in [-0.39, 0.29) is 19.4 Å². The second kappa shape index (κ2) is 10.0. The largest absolute Gasteiger partial charge is 0.455 e. The highest BCUT2D eigenvalue weighted by atomic mass is 16.6. The number of aliphatic hydroxyl groups excluding tert-OH is 1. The molecule has 8 atom stereocenters. The van der Waals surface area contributed by atoms with E-state index in [0.29, 0.717) is 6.42 Å². The molecule has 11 nitrogen and oxygen atoms in total. The quantitative estimate of drug-likeness (QED) is 0.239. The SMILES string of the molecule is C=C[C@@]1(C)CC(=O)[C@]2(O)[C@@]3(C)[C@@H](O)CCC(C)(C)[C@@H]3[C@H](OC(=O)COC(=O)CNC)[C@H](OC(C)=O)[C@@]2(C)O1. The summed E-state index contributed by atoms with van der Waals surface area (Å²) in [6.07, 6.45) is -1.96. The highest BCUT2D eigenvalue weighted by molar-refractivity contribution is 5.92. The van der Waals surface area contributed by atoms with Crippen molar-refractivity contribution < 1.29 is 48.3 Å². The maximum Gasteiger partial charge on any atom is 0.344 e. The van der Waals surface area contributed by atoms with Gasteiger partial charge in [-0.1, -0.05) is 26.8 Å². The van der Waals surface area contributed by atoms with Gasteiger partial charge in [0.05, 0.1) is 18.2 Å². The Kier molecular flexibility index (Phi) is 7.95. The minimum Gasteiger partial charge on any atom is -0.455 e. The zero-order valence-electron chi connectivity index (χ0n) is 23.3. The van der Waals surface area contributed by atoms with Crippen LogP contribution in [0.25, 0.3) is 0 Å². The molecule has 3 N–H and O–H groups in total. The summed E-state index contributed by atoms with van der Waals surface area (Å²) in [5.74, 6) is -3.80. The Labute approximate surface area is 223 Å². The Hall–Kier alpha value is -2.34. The summed E-state index contributed by atoms with van der Waals surface area (Å²) in [5.41, 5.74) is -7.80.